The summed E-state index contributed by atoms with van der Waals surface area (Å²) in [5, 5.41) is 9.58. The van der Waals surface area contributed by atoms with Gasteiger partial charge in [0.05, 0.1) is 5.69 Å². The standard InChI is InChI=1S/C13H10FNO3/c1-8-5-12(16)11(13(17)18-8)7-15-10-4-2-3-9(14)6-10/h2-7,16H,1H3. The molecule has 0 atom stereocenters. The summed E-state index contributed by atoms with van der Waals surface area (Å²) in [6.45, 7) is 1.55. The first-order valence-electron chi connectivity index (χ1n) is 5.19. The zero-order valence-corrected chi connectivity index (χ0v) is 9.55. The first-order valence-corrected chi connectivity index (χ1v) is 5.19. The maximum atomic E-state index is 12.9. The number of aryl methyl sites for hydroxylation is 1. The van der Waals surface area contributed by atoms with Crippen LogP contribution in [0.15, 0.2) is 44.5 Å². The van der Waals surface area contributed by atoms with E-state index < -0.39 is 11.4 Å². The van der Waals surface area contributed by atoms with E-state index in [4.69, 9.17) is 4.42 Å². The Kier molecular flexibility index (Phi) is 3.23. The Morgan fingerprint density at radius 2 is 2.17 bits per heavy atom. The first-order chi connectivity index (χ1) is 8.56. The molecule has 0 bridgehead atoms. The van der Waals surface area contributed by atoms with Crippen LogP contribution in [0.2, 0.25) is 0 Å². The van der Waals surface area contributed by atoms with Gasteiger partial charge in [-0.1, -0.05) is 6.07 Å². The van der Waals surface area contributed by atoms with E-state index in [1.54, 1.807) is 13.0 Å². The monoisotopic (exact) mass is 247 g/mol. The Morgan fingerprint density at radius 1 is 1.39 bits per heavy atom. The van der Waals surface area contributed by atoms with Gasteiger partial charge in [0.2, 0.25) is 0 Å². The van der Waals surface area contributed by atoms with Crippen molar-refractivity contribution in [3.8, 4) is 5.75 Å². The minimum absolute atomic E-state index is 0.0649. The molecule has 0 aliphatic carbocycles. The highest BCUT2D eigenvalue weighted by Gasteiger charge is 2.06. The molecular weight excluding hydrogens is 237 g/mol. The molecule has 2 aromatic rings. The maximum absolute atomic E-state index is 12.9. The summed E-state index contributed by atoms with van der Waals surface area (Å²) in [5.74, 6) is -0.339. The normalized spacial score (nSPS) is 11.0. The number of aromatic hydroxyl groups is 1. The average Bonchev–Trinajstić information content (AvgIpc) is 2.27. The highest BCUT2D eigenvalue weighted by atomic mass is 19.1. The number of hydrogen-bond donors (Lipinski definition) is 1. The first kappa shape index (κ1) is 12.0. The zero-order chi connectivity index (χ0) is 13.1. The molecule has 4 nitrogen and oxygen atoms in total. The second kappa shape index (κ2) is 4.83. The number of nitrogens with zero attached hydrogens (tertiary/aromatic N) is 1. The lowest BCUT2D eigenvalue weighted by Gasteiger charge is -1.98. The third kappa shape index (κ3) is 2.63. The molecule has 0 saturated heterocycles. The van der Waals surface area contributed by atoms with Crippen LogP contribution in [0.25, 0.3) is 0 Å². The van der Waals surface area contributed by atoms with E-state index in [9.17, 15) is 14.3 Å². The predicted octanol–water partition coefficient (Wildman–Crippen LogP) is 2.54. The lowest BCUT2D eigenvalue weighted by atomic mass is 10.2. The van der Waals surface area contributed by atoms with Crippen molar-refractivity contribution in [1.29, 1.82) is 0 Å². The second-order valence-corrected chi connectivity index (χ2v) is 3.68. The summed E-state index contributed by atoms with van der Waals surface area (Å²) in [6, 6.07) is 6.89. The number of rotatable bonds is 2. The molecule has 0 radical (unpaired) electrons. The molecule has 0 unspecified atom stereocenters. The molecule has 0 saturated carbocycles. The Labute approximate surface area is 102 Å². The summed E-state index contributed by atoms with van der Waals surface area (Å²) >= 11 is 0. The fraction of sp³-hybridized carbons (Fsp3) is 0.0769. The molecule has 18 heavy (non-hydrogen) atoms. The van der Waals surface area contributed by atoms with Crippen molar-refractivity contribution in [3.05, 3.63) is 57.9 Å². The molecular formula is C13H10FNO3. The Hall–Kier alpha value is -2.43. The van der Waals surface area contributed by atoms with Crippen LogP contribution in [-0.2, 0) is 0 Å². The van der Waals surface area contributed by atoms with E-state index in [1.165, 1.54) is 24.3 Å². The Balaban J connectivity index is 2.38. The molecule has 2 rings (SSSR count). The average molecular weight is 247 g/mol. The van der Waals surface area contributed by atoms with Crippen LogP contribution in [0.1, 0.15) is 11.3 Å². The molecule has 1 N–H and O–H groups in total. The van der Waals surface area contributed by atoms with Crippen LogP contribution >= 0.6 is 0 Å². The summed E-state index contributed by atoms with van der Waals surface area (Å²) < 4.78 is 17.7. The van der Waals surface area contributed by atoms with Crippen LogP contribution in [0.4, 0.5) is 10.1 Å². The van der Waals surface area contributed by atoms with Crippen molar-refractivity contribution in [2.24, 2.45) is 4.99 Å². The quantitative estimate of drug-likeness (QED) is 0.829. The summed E-state index contributed by atoms with van der Waals surface area (Å²) in [5.41, 5.74) is -0.410. The van der Waals surface area contributed by atoms with Crippen molar-refractivity contribution >= 4 is 11.9 Å². The molecule has 92 valence electrons. The van der Waals surface area contributed by atoms with E-state index in [0.29, 0.717) is 11.4 Å². The van der Waals surface area contributed by atoms with Crippen molar-refractivity contribution in [3.63, 3.8) is 0 Å². The molecule has 1 aromatic carbocycles. The summed E-state index contributed by atoms with van der Waals surface area (Å²) in [7, 11) is 0. The van der Waals surface area contributed by atoms with E-state index >= 15 is 0 Å². The highest BCUT2D eigenvalue weighted by Crippen LogP contribution is 2.16. The fourth-order valence-corrected chi connectivity index (χ4v) is 1.42. The van der Waals surface area contributed by atoms with Crippen molar-refractivity contribution < 1.29 is 13.9 Å². The zero-order valence-electron chi connectivity index (χ0n) is 9.55. The molecule has 1 aromatic heterocycles. The van der Waals surface area contributed by atoms with Crippen molar-refractivity contribution in [2.45, 2.75) is 6.92 Å². The third-order valence-electron chi connectivity index (χ3n) is 2.24. The molecule has 5 heteroatoms. The van der Waals surface area contributed by atoms with Gasteiger partial charge in [0.1, 0.15) is 22.9 Å². The van der Waals surface area contributed by atoms with E-state index in [-0.39, 0.29) is 11.3 Å². The van der Waals surface area contributed by atoms with Crippen molar-refractivity contribution in [1.82, 2.24) is 0 Å². The number of benzene rings is 1. The van der Waals surface area contributed by atoms with Crippen molar-refractivity contribution in [2.75, 3.05) is 0 Å². The topological polar surface area (TPSA) is 62.8 Å². The van der Waals surface area contributed by atoms with Gasteiger partial charge < -0.3 is 9.52 Å². The van der Waals surface area contributed by atoms with Gasteiger partial charge in [-0.2, -0.15) is 0 Å². The SMILES string of the molecule is Cc1cc(O)c(C=Nc2cccc(F)c2)c(=O)o1. The number of aliphatic imine (C=N–C) groups is 1. The highest BCUT2D eigenvalue weighted by molar-refractivity contribution is 5.84. The largest absolute Gasteiger partial charge is 0.507 e. The molecule has 0 aliphatic heterocycles. The predicted molar refractivity (Wildman–Crippen MR) is 65.0 cm³/mol. The van der Waals surface area contributed by atoms with Gasteiger partial charge in [-0.25, -0.2) is 9.18 Å². The van der Waals surface area contributed by atoms with E-state index in [1.807, 2.05) is 0 Å². The minimum atomic E-state index is -0.687. The van der Waals surface area contributed by atoms with Gasteiger partial charge in [0.15, 0.2) is 0 Å². The molecule has 0 fully saturated rings. The van der Waals surface area contributed by atoms with E-state index in [0.717, 1.165) is 6.21 Å². The van der Waals surface area contributed by atoms with Gasteiger partial charge in [-0.3, -0.25) is 4.99 Å². The smallest absolute Gasteiger partial charge is 0.348 e. The van der Waals surface area contributed by atoms with Gasteiger partial charge in [0, 0.05) is 12.3 Å². The number of halogens is 1. The summed E-state index contributed by atoms with van der Waals surface area (Å²) in [4.78, 5) is 15.4. The molecule has 0 aliphatic rings. The molecule has 0 spiro atoms. The van der Waals surface area contributed by atoms with Gasteiger partial charge in [-0.15, -0.1) is 0 Å². The van der Waals surface area contributed by atoms with E-state index in [2.05, 4.69) is 4.99 Å². The van der Waals surface area contributed by atoms with Crippen LogP contribution < -0.4 is 5.63 Å². The van der Waals surface area contributed by atoms with Crippen LogP contribution in [0.3, 0.4) is 0 Å². The maximum Gasteiger partial charge on any atom is 0.348 e. The Bertz CT molecular complexity index is 662. The number of hydrogen-bond acceptors (Lipinski definition) is 4. The van der Waals surface area contributed by atoms with Gasteiger partial charge in [0.25, 0.3) is 0 Å². The van der Waals surface area contributed by atoms with Crippen LogP contribution in [0, 0.1) is 12.7 Å². The molecule has 0 amide bonds. The van der Waals surface area contributed by atoms with Crippen LogP contribution in [0.5, 0.6) is 5.75 Å². The molecule has 1 heterocycles. The fourth-order valence-electron chi connectivity index (χ4n) is 1.42. The second-order valence-electron chi connectivity index (χ2n) is 3.68. The summed E-state index contributed by atoms with van der Waals surface area (Å²) in [6.07, 6.45) is 1.15. The van der Waals surface area contributed by atoms with Crippen LogP contribution in [-0.4, -0.2) is 11.3 Å². The van der Waals surface area contributed by atoms with Gasteiger partial charge in [-0.05, 0) is 25.1 Å². The Morgan fingerprint density at radius 3 is 2.83 bits per heavy atom. The van der Waals surface area contributed by atoms with Gasteiger partial charge >= 0.3 is 5.63 Å². The minimum Gasteiger partial charge on any atom is -0.507 e. The third-order valence-corrected chi connectivity index (χ3v) is 2.24. The lowest BCUT2D eigenvalue weighted by Crippen LogP contribution is -2.07. The lowest BCUT2D eigenvalue weighted by molar-refractivity contribution is 0.433.